The lowest BCUT2D eigenvalue weighted by molar-refractivity contribution is -0.137. The van der Waals surface area contributed by atoms with Gasteiger partial charge >= 0.3 is 6.18 Å². The molecule has 0 aromatic heterocycles. The Balaban J connectivity index is 2.24. The van der Waals surface area contributed by atoms with Crippen molar-refractivity contribution in [3.63, 3.8) is 0 Å². The molecule has 5 nitrogen and oxygen atoms in total. The molecule has 136 valence electrons. The van der Waals surface area contributed by atoms with Crippen LogP contribution in [0.3, 0.4) is 0 Å². The number of carbonyl (C=O) groups is 2. The number of alkyl halides is 3. The predicted molar refractivity (Wildman–Crippen MR) is 89.4 cm³/mol. The number of halogens is 3. The summed E-state index contributed by atoms with van der Waals surface area (Å²) in [6.07, 6.45) is -3.17. The van der Waals surface area contributed by atoms with Crippen LogP contribution in [0.5, 0.6) is 0 Å². The van der Waals surface area contributed by atoms with E-state index in [-0.39, 0.29) is 29.6 Å². The fourth-order valence-corrected chi connectivity index (χ4v) is 2.66. The first-order valence-electron chi connectivity index (χ1n) is 7.93. The van der Waals surface area contributed by atoms with E-state index in [9.17, 15) is 22.8 Å². The maximum absolute atomic E-state index is 13.4. The third-order valence-electron chi connectivity index (χ3n) is 4.01. The van der Waals surface area contributed by atoms with Crippen LogP contribution < -0.4 is 10.2 Å². The van der Waals surface area contributed by atoms with Crippen molar-refractivity contribution < 1.29 is 22.8 Å². The fraction of sp³-hybridized carbons (Fsp3) is 0.412. The number of hydrogen-bond acceptors (Lipinski definition) is 3. The summed E-state index contributed by atoms with van der Waals surface area (Å²) < 4.78 is 40.3. The quantitative estimate of drug-likeness (QED) is 0.845. The first-order chi connectivity index (χ1) is 11.8. The summed E-state index contributed by atoms with van der Waals surface area (Å²) in [5, 5.41) is 2.44. The fourth-order valence-electron chi connectivity index (χ4n) is 2.66. The minimum Gasteiger partial charge on any atom is -0.367 e. The van der Waals surface area contributed by atoms with Gasteiger partial charge in [0.1, 0.15) is 0 Å². The SMILES string of the molecule is C=CC(=O)N1CCN(c2ccc(NC(=O)CC)cc2C(F)(F)F)CC1. The van der Waals surface area contributed by atoms with Gasteiger partial charge in [-0.15, -0.1) is 0 Å². The molecule has 0 bridgehead atoms. The molecule has 25 heavy (non-hydrogen) atoms. The zero-order valence-corrected chi connectivity index (χ0v) is 13.9. The van der Waals surface area contributed by atoms with Gasteiger partial charge in [0.25, 0.3) is 0 Å². The Labute approximate surface area is 144 Å². The third-order valence-corrected chi connectivity index (χ3v) is 4.01. The van der Waals surface area contributed by atoms with Crippen LogP contribution in [0.25, 0.3) is 0 Å². The van der Waals surface area contributed by atoms with E-state index in [1.807, 2.05) is 0 Å². The van der Waals surface area contributed by atoms with E-state index < -0.39 is 11.7 Å². The van der Waals surface area contributed by atoms with E-state index in [2.05, 4.69) is 11.9 Å². The molecule has 0 spiro atoms. The largest absolute Gasteiger partial charge is 0.418 e. The average Bonchev–Trinajstić information content (AvgIpc) is 2.60. The first kappa shape index (κ1) is 18.8. The van der Waals surface area contributed by atoms with Gasteiger partial charge < -0.3 is 15.1 Å². The second kappa shape index (κ2) is 7.58. The number of rotatable bonds is 4. The summed E-state index contributed by atoms with van der Waals surface area (Å²) in [7, 11) is 0. The summed E-state index contributed by atoms with van der Waals surface area (Å²) in [6.45, 7) is 6.28. The Morgan fingerprint density at radius 3 is 2.40 bits per heavy atom. The molecular weight excluding hydrogens is 335 g/mol. The van der Waals surface area contributed by atoms with Gasteiger partial charge in [0.05, 0.1) is 5.56 Å². The number of carbonyl (C=O) groups excluding carboxylic acids is 2. The number of benzene rings is 1. The lowest BCUT2D eigenvalue weighted by Crippen LogP contribution is -2.48. The molecule has 1 aromatic carbocycles. The van der Waals surface area contributed by atoms with Crippen molar-refractivity contribution >= 4 is 23.2 Å². The number of piperazine rings is 1. The minimum atomic E-state index is -4.55. The van der Waals surface area contributed by atoms with Crippen molar-refractivity contribution in [1.82, 2.24) is 4.90 Å². The van der Waals surface area contributed by atoms with E-state index >= 15 is 0 Å². The van der Waals surface area contributed by atoms with E-state index in [0.29, 0.717) is 26.2 Å². The van der Waals surface area contributed by atoms with Crippen LogP contribution in [-0.4, -0.2) is 42.9 Å². The van der Waals surface area contributed by atoms with Crippen molar-refractivity contribution in [2.45, 2.75) is 19.5 Å². The number of amides is 2. The molecular formula is C17H20F3N3O2. The van der Waals surface area contributed by atoms with Gasteiger partial charge in [0.2, 0.25) is 11.8 Å². The third kappa shape index (κ3) is 4.52. The monoisotopic (exact) mass is 355 g/mol. The molecule has 1 aliphatic rings. The molecule has 0 aliphatic carbocycles. The lowest BCUT2D eigenvalue weighted by Gasteiger charge is -2.36. The maximum atomic E-state index is 13.4. The van der Waals surface area contributed by atoms with Gasteiger partial charge in [-0.1, -0.05) is 13.5 Å². The van der Waals surface area contributed by atoms with E-state index in [4.69, 9.17) is 0 Å². The van der Waals surface area contributed by atoms with Crippen molar-refractivity contribution in [2.75, 3.05) is 36.4 Å². The van der Waals surface area contributed by atoms with Crippen molar-refractivity contribution in [1.29, 1.82) is 0 Å². The molecule has 0 unspecified atom stereocenters. The van der Waals surface area contributed by atoms with Crippen LogP contribution in [0, 0.1) is 0 Å². The molecule has 0 saturated carbocycles. The predicted octanol–water partition coefficient (Wildman–Crippen LogP) is 2.89. The summed E-state index contributed by atoms with van der Waals surface area (Å²) in [5.74, 6) is -0.578. The van der Waals surface area contributed by atoms with Crippen molar-refractivity contribution in [3.05, 3.63) is 36.4 Å². The molecule has 2 amide bonds. The number of anilines is 2. The molecule has 1 fully saturated rings. The van der Waals surface area contributed by atoms with Crippen LogP contribution in [0.2, 0.25) is 0 Å². The highest BCUT2D eigenvalue weighted by molar-refractivity contribution is 5.91. The van der Waals surface area contributed by atoms with Crippen molar-refractivity contribution in [3.8, 4) is 0 Å². The molecule has 2 rings (SSSR count). The van der Waals surface area contributed by atoms with E-state index in [0.717, 1.165) is 6.07 Å². The number of hydrogen-bond donors (Lipinski definition) is 1. The van der Waals surface area contributed by atoms with E-state index in [1.165, 1.54) is 18.2 Å². The molecule has 1 saturated heterocycles. The van der Waals surface area contributed by atoms with Crippen LogP contribution >= 0.6 is 0 Å². The summed E-state index contributed by atoms with van der Waals surface area (Å²) >= 11 is 0. The Hall–Kier alpha value is -2.51. The molecule has 1 aromatic rings. The van der Waals surface area contributed by atoms with Crippen molar-refractivity contribution in [2.24, 2.45) is 0 Å². The second-order valence-corrected chi connectivity index (χ2v) is 5.65. The Bertz CT molecular complexity index is 666. The normalized spacial score (nSPS) is 15.0. The highest BCUT2D eigenvalue weighted by atomic mass is 19.4. The van der Waals surface area contributed by atoms with Gasteiger partial charge in [-0.25, -0.2) is 0 Å². The van der Waals surface area contributed by atoms with Gasteiger partial charge in [-0.2, -0.15) is 13.2 Å². The molecule has 0 atom stereocenters. The van der Waals surface area contributed by atoms with Crippen LogP contribution in [0.1, 0.15) is 18.9 Å². The highest BCUT2D eigenvalue weighted by Crippen LogP contribution is 2.38. The number of nitrogens with one attached hydrogen (secondary N) is 1. The lowest BCUT2D eigenvalue weighted by atomic mass is 10.1. The van der Waals surface area contributed by atoms with Gasteiger partial charge in [0.15, 0.2) is 0 Å². The standard InChI is InChI=1S/C17H20F3N3O2/c1-3-15(24)21-12-5-6-14(13(11-12)17(18,19)20)22-7-9-23(10-8-22)16(25)4-2/h4-6,11H,2-3,7-10H2,1H3,(H,21,24). The topological polar surface area (TPSA) is 52.7 Å². The Kier molecular flexibility index (Phi) is 5.71. The van der Waals surface area contributed by atoms with E-state index in [1.54, 1.807) is 16.7 Å². The van der Waals surface area contributed by atoms with Gasteiger partial charge in [0, 0.05) is 44.0 Å². The zero-order valence-electron chi connectivity index (χ0n) is 13.9. The maximum Gasteiger partial charge on any atom is 0.418 e. The molecule has 1 aliphatic heterocycles. The molecule has 1 N–H and O–H groups in total. The van der Waals surface area contributed by atoms with Gasteiger partial charge in [-0.05, 0) is 24.3 Å². The van der Waals surface area contributed by atoms with Crippen LogP contribution in [0.4, 0.5) is 24.5 Å². The zero-order chi connectivity index (χ0) is 18.6. The van der Waals surface area contributed by atoms with Crippen LogP contribution in [-0.2, 0) is 15.8 Å². The van der Waals surface area contributed by atoms with Crippen LogP contribution in [0.15, 0.2) is 30.9 Å². The minimum absolute atomic E-state index is 0.0488. The Morgan fingerprint density at radius 1 is 1.24 bits per heavy atom. The summed E-state index contributed by atoms with van der Waals surface area (Å²) in [4.78, 5) is 26.1. The summed E-state index contributed by atoms with van der Waals surface area (Å²) in [5.41, 5.74) is -0.638. The summed E-state index contributed by atoms with van der Waals surface area (Å²) in [6, 6.07) is 3.77. The second-order valence-electron chi connectivity index (χ2n) is 5.65. The first-order valence-corrected chi connectivity index (χ1v) is 7.93. The average molecular weight is 355 g/mol. The molecule has 0 radical (unpaired) electrons. The Morgan fingerprint density at radius 2 is 1.88 bits per heavy atom. The smallest absolute Gasteiger partial charge is 0.367 e. The van der Waals surface area contributed by atoms with Gasteiger partial charge in [-0.3, -0.25) is 9.59 Å². The molecule has 1 heterocycles. The number of nitrogens with zero attached hydrogens (tertiary/aromatic N) is 2. The highest BCUT2D eigenvalue weighted by Gasteiger charge is 2.36. The molecule has 8 heteroatoms.